The van der Waals surface area contributed by atoms with Crippen LogP contribution in [0.3, 0.4) is 0 Å². The second-order valence-corrected chi connectivity index (χ2v) is 6.74. The van der Waals surface area contributed by atoms with Crippen molar-refractivity contribution in [3.8, 4) is 0 Å². The first-order chi connectivity index (χ1) is 12.9. The van der Waals surface area contributed by atoms with Gasteiger partial charge in [0.2, 0.25) is 0 Å². The molecule has 0 radical (unpaired) electrons. The van der Waals surface area contributed by atoms with Crippen LogP contribution in [0.25, 0.3) is 0 Å². The Labute approximate surface area is 157 Å². The van der Waals surface area contributed by atoms with Crippen LogP contribution in [-0.2, 0) is 0 Å². The van der Waals surface area contributed by atoms with Crippen LogP contribution < -0.4 is 5.32 Å². The Morgan fingerprint density at radius 1 is 1.04 bits per heavy atom. The van der Waals surface area contributed by atoms with E-state index < -0.39 is 11.9 Å². The summed E-state index contributed by atoms with van der Waals surface area (Å²) in [5, 5.41) is 11.5. The molecule has 0 unspecified atom stereocenters. The number of benzene rings is 1. The van der Waals surface area contributed by atoms with Gasteiger partial charge in [0.05, 0.1) is 5.56 Å². The minimum Gasteiger partial charge on any atom is -0.477 e. The molecule has 140 valence electrons. The van der Waals surface area contributed by atoms with Gasteiger partial charge < -0.3 is 15.3 Å². The third-order valence-corrected chi connectivity index (χ3v) is 4.71. The van der Waals surface area contributed by atoms with E-state index in [0.29, 0.717) is 17.2 Å². The molecule has 1 aliphatic heterocycles. The summed E-state index contributed by atoms with van der Waals surface area (Å²) in [5.41, 5.74) is 1.27. The molecule has 2 amide bonds. The van der Waals surface area contributed by atoms with E-state index in [1.54, 1.807) is 24.3 Å². The Hall–Kier alpha value is -3.22. The highest BCUT2D eigenvalue weighted by atomic mass is 16.4. The van der Waals surface area contributed by atoms with E-state index >= 15 is 0 Å². The second-order valence-electron chi connectivity index (χ2n) is 6.74. The predicted octanol–water partition coefficient (Wildman–Crippen LogP) is 2.90. The number of nitrogens with zero attached hydrogens (tertiary/aromatic N) is 2. The summed E-state index contributed by atoms with van der Waals surface area (Å²) in [4.78, 5) is 41.1. The SMILES string of the molecule is CC1CCN(C(=O)c2ccc(NC(=O)c3ccc(C(=O)O)nc3)cc2)CC1. The smallest absolute Gasteiger partial charge is 0.354 e. The number of hydrogen-bond donors (Lipinski definition) is 2. The minimum atomic E-state index is -1.15. The minimum absolute atomic E-state index is 0.00763. The molecule has 0 saturated carbocycles. The third-order valence-electron chi connectivity index (χ3n) is 4.71. The Balaban J connectivity index is 1.62. The van der Waals surface area contributed by atoms with Crippen molar-refractivity contribution in [3.63, 3.8) is 0 Å². The maximum absolute atomic E-state index is 12.5. The fraction of sp³-hybridized carbons (Fsp3) is 0.300. The molecule has 0 bridgehead atoms. The number of likely N-dealkylation sites (tertiary alicyclic amines) is 1. The summed E-state index contributed by atoms with van der Waals surface area (Å²) in [6.45, 7) is 3.75. The van der Waals surface area contributed by atoms with Crippen LogP contribution >= 0.6 is 0 Å². The summed E-state index contributed by atoms with van der Waals surface area (Å²) in [7, 11) is 0. The molecule has 1 aliphatic rings. The first kappa shape index (κ1) is 18.6. The molecule has 1 aromatic carbocycles. The number of pyridine rings is 1. The van der Waals surface area contributed by atoms with Gasteiger partial charge in [0, 0.05) is 30.5 Å². The maximum Gasteiger partial charge on any atom is 0.354 e. The van der Waals surface area contributed by atoms with Gasteiger partial charge in [-0.25, -0.2) is 9.78 Å². The van der Waals surface area contributed by atoms with E-state index in [1.807, 2.05) is 4.90 Å². The quantitative estimate of drug-likeness (QED) is 0.865. The highest BCUT2D eigenvalue weighted by Gasteiger charge is 2.21. The molecule has 7 heteroatoms. The lowest BCUT2D eigenvalue weighted by atomic mass is 9.98. The number of aromatic nitrogens is 1. The number of anilines is 1. The molecule has 0 aliphatic carbocycles. The van der Waals surface area contributed by atoms with Crippen molar-refractivity contribution >= 4 is 23.5 Å². The zero-order valence-corrected chi connectivity index (χ0v) is 15.0. The van der Waals surface area contributed by atoms with Gasteiger partial charge in [-0.2, -0.15) is 0 Å². The third kappa shape index (κ3) is 4.49. The molecule has 1 saturated heterocycles. The van der Waals surface area contributed by atoms with E-state index in [1.165, 1.54) is 18.3 Å². The number of rotatable bonds is 4. The van der Waals surface area contributed by atoms with Gasteiger partial charge >= 0.3 is 5.97 Å². The van der Waals surface area contributed by atoms with Gasteiger partial charge in [-0.3, -0.25) is 9.59 Å². The van der Waals surface area contributed by atoms with Crippen LogP contribution in [0.5, 0.6) is 0 Å². The first-order valence-electron chi connectivity index (χ1n) is 8.84. The normalized spacial score (nSPS) is 14.6. The predicted molar refractivity (Wildman–Crippen MR) is 99.9 cm³/mol. The van der Waals surface area contributed by atoms with Crippen molar-refractivity contribution in [2.75, 3.05) is 18.4 Å². The van der Waals surface area contributed by atoms with Crippen molar-refractivity contribution in [2.24, 2.45) is 5.92 Å². The molecule has 1 aromatic heterocycles. The number of carboxylic acids is 1. The number of carbonyl (C=O) groups excluding carboxylic acids is 2. The van der Waals surface area contributed by atoms with Crippen LogP contribution in [0, 0.1) is 5.92 Å². The molecule has 0 atom stereocenters. The lowest BCUT2D eigenvalue weighted by molar-refractivity contribution is 0.0684. The Kier molecular flexibility index (Phi) is 5.49. The van der Waals surface area contributed by atoms with Crippen LogP contribution in [0.2, 0.25) is 0 Å². The monoisotopic (exact) mass is 367 g/mol. The molecule has 3 rings (SSSR count). The lowest BCUT2D eigenvalue weighted by Gasteiger charge is -2.30. The molecular formula is C20H21N3O4. The Bertz CT molecular complexity index is 839. The molecule has 27 heavy (non-hydrogen) atoms. The number of aromatic carboxylic acids is 1. The van der Waals surface area contributed by atoms with Crippen LogP contribution in [-0.4, -0.2) is 45.9 Å². The van der Waals surface area contributed by atoms with Crippen molar-refractivity contribution < 1.29 is 19.5 Å². The number of carbonyl (C=O) groups is 3. The molecule has 2 heterocycles. The van der Waals surface area contributed by atoms with Crippen molar-refractivity contribution in [3.05, 3.63) is 59.4 Å². The molecular weight excluding hydrogens is 346 g/mol. The Morgan fingerprint density at radius 3 is 2.22 bits per heavy atom. The lowest BCUT2D eigenvalue weighted by Crippen LogP contribution is -2.37. The molecule has 2 N–H and O–H groups in total. The highest BCUT2D eigenvalue weighted by Crippen LogP contribution is 2.19. The topological polar surface area (TPSA) is 99.6 Å². The molecule has 0 spiro atoms. The number of carboxylic acid groups (broad SMARTS) is 1. The van der Waals surface area contributed by atoms with Gasteiger partial charge in [0.15, 0.2) is 0 Å². The second kappa shape index (κ2) is 7.99. The van der Waals surface area contributed by atoms with E-state index in [-0.39, 0.29) is 17.2 Å². The molecule has 1 fully saturated rings. The van der Waals surface area contributed by atoms with E-state index in [2.05, 4.69) is 17.2 Å². The van der Waals surface area contributed by atoms with Crippen molar-refractivity contribution in [2.45, 2.75) is 19.8 Å². The average Bonchev–Trinajstić information content (AvgIpc) is 2.68. The van der Waals surface area contributed by atoms with Gasteiger partial charge in [-0.1, -0.05) is 6.92 Å². The van der Waals surface area contributed by atoms with E-state index in [9.17, 15) is 14.4 Å². The maximum atomic E-state index is 12.5. The number of amides is 2. The fourth-order valence-corrected chi connectivity index (χ4v) is 2.95. The zero-order chi connectivity index (χ0) is 19.4. The fourth-order valence-electron chi connectivity index (χ4n) is 2.95. The van der Waals surface area contributed by atoms with Gasteiger partial charge in [0.25, 0.3) is 11.8 Å². The number of hydrogen-bond acceptors (Lipinski definition) is 4. The summed E-state index contributed by atoms with van der Waals surface area (Å²) >= 11 is 0. The molecule has 2 aromatic rings. The van der Waals surface area contributed by atoms with Crippen LogP contribution in [0.4, 0.5) is 5.69 Å². The zero-order valence-electron chi connectivity index (χ0n) is 15.0. The largest absolute Gasteiger partial charge is 0.477 e. The summed E-state index contributed by atoms with van der Waals surface area (Å²) < 4.78 is 0. The first-order valence-corrected chi connectivity index (χ1v) is 8.84. The van der Waals surface area contributed by atoms with Gasteiger partial charge in [-0.15, -0.1) is 0 Å². The molecule has 7 nitrogen and oxygen atoms in total. The highest BCUT2D eigenvalue weighted by molar-refractivity contribution is 6.04. The standard InChI is InChI=1S/C20H21N3O4/c1-13-8-10-23(11-9-13)19(25)14-2-5-16(6-3-14)22-18(24)15-4-7-17(20(26)27)21-12-15/h2-7,12-13H,8-11H2,1H3,(H,22,24)(H,26,27). The number of piperidine rings is 1. The van der Waals surface area contributed by atoms with Gasteiger partial charge in [0.1, 0.15) is 5.69 Å². The van der Waals surface area contributed by atoms with Crippen LogP contribution in [0.1, 0.15) is 51.0 Å². The van der Waals surface area contributed by atoms with Crippen LogP contribution in [0.15, 0.2) is 42.6 Å². The van der Waals surface area contributed by atoms with E-state index in [4.69, 9.17) is 5.11 Å². The van der Waals surface area contributed by atoms with Gasteiger partial charge in [-0.05, 0) is 55.2 Å². The van der Waals surface area contributed by atoms with E-state index in [0.717, 1.165) is 25.9 Å². The average molecular weight is 367 g/mol. The summed E-state index contributed by atoms with van der Waals surface area (Å²) in [5.74, 6) is -0.882. The Morgan fingerprint density at radius 2 is 1.67 bits per heavy atom. The van der Waals surface area contributed by atoms with Crippen molar-refractivity contribution in [1.29, 1.82) is 0 Å². The summed E-state index contributed by atoms with van der Waals surface area (Å²) in [6, 6.07) is 9.43. The summed E-state index contributed by atoms with van der Waals surface area (Å²) in [6.07, 6.45) is 3.26. The number of nitrogens with one attached hydrogen (secondary N) is 1. The van der Waals surface area contributed by atoms with Crippen molar-refractivity contribution in [1.82, 2.24) is 9.88 Å².